The summed E-state index contributed by atoms with van der Waals surface area (Å²) < 4.78 is 5.74. The van der Waals surface area contributed by atoms with Crippen LogP contribution in [0, 0.1) is 0 Å². The van der Waals surface area contributed by atoms with E-state index >= 15 is 0 Å². The summed E-state index contributed by atoms with van der Waals surface area (Å²) in [6, 6.07) is 2.51. The molecule has 104 valence electrons. The fraction of sp³-hybridized carbons (Fsp3) is 0.643. The first kappa shape index (κ1) is 13.1. The summed E-state index contributed by atoms with van der Waals surface area (Å²) in [5.41, 5.74) is 6.83. The van der Waals surface area contributed by atoms with Gasteiger partial charge in [-0.2, -0.15) is 11.3 Å². The van der Waals surface area contributed by atoms with Crippen LogP contribution in [0.2, 0.25) is 0 Å². The normalized spacial score (nSPS) is 26.6. The molecule has 1 saturated heterocycles. The Morgan fingerprint density at radius 1 is 1.42 bits per heavy atom. The highest BCUT2D eigenvalue weighted by Crippen LogP contribution is 2.31. The number of nitrogens with zero attached hydrogens (tertiary/aromatic N) is 1. The van der Waals surface area contributed by atoms with E-state index in [0.29, 0.717) is 12.6 Å². The van der Waals surface area contributed by atoms with Crippen molar-refractivity contribution < 1.29 is 9.53 Å². The average molecular weight is 280 g/mol. The smallest absolute Gasteiger partial charge is 0.252 e. The molecule has 2 atom stereocenters. The minimum absolute atomic E-state index is 0.0659. The molecule has 1 aromatic rings. The van der Waals surface area contributed by atoms with Crippen molar-refractivity contribution in [3.63, 3.8) is 0 Å². The predicted octanol–water partition coefficient (Wildman–Crippen LogP) is 1.75. The molecule has 1 saturated carbocycles. The summed E-state index contributed by atoms with van der Waals surface area (Å²) in [6.45, 7) is 1.23. The molecule has 0 aromatic carbocycles. The monoisotopic (exact) mass is 280 g/mol. The van der Waals surface area contributed by atoms with Gasteiger partial charge in [0.1, 0.15) is 6.10 Å². The maximum Gasteiger partial charge on any atom is 0.252 e. The predicted molar refractivity (Wildman–Crippen MR) is 74.8 cm³/mol. The molecule has 0 radical (unpaired) electrons. The van der Waals surface area contributed by atoms with Crippen molar-refractivity contribution in [2.24, 2.45) is 5.73 Å². The second-order valence-corrected chi connectivity index (χ2v) is 6.17. The van der Waals surface area contributed by atoms with Crippen molar-refractivity contribution in [1.29, 1.82) is 0 Å². The molecule has 5 heteroatoms. The molecule has 2 fully saturated rings. The maximum absolute atomic E-state index is 12.6. The van der Waals surface area contributed by atoms with E-state index in [1.165, 1.54) is 5.56 Å². The molecule has 2 N–H and O–H groups in total. The Morgan fingerprint density at radius 3 is 2.84 bits per heavy atom. The lowest BCUT2D eigenvalue weighted by Gasteiger charge is -2.25. The first-order valence-corrected chi connectivity index (χ1v) is 7.89. The third-order valence-electron chi connectivity index (χ3n) is 3.85. The SMILES string of the molecule is NCC1CCC(C(=O)N(Cc2ccsc2)C2CC2)O1. The number of thiophene rings is 1. The van der Waals surface area contributed by atoms with Gasteiger partial charge in [-0.05, 0) is 48.1 Å². The van der Waals surface area contributed by atoms with E-state index in [-0.39, 0.29) is 18.1 Å². The third-order valence-corrected chi connectivity index (χ3v) is 4.58. The number of carbonyl (C=O) groups is 1. The zero-order valence-electron chi connectivity index (χ0n) is 11.0. The second-order valence-electron chi connectivity index (χ2n) is 5.39. The first-order chi connectivity index (χ1) is 9.28. The summed E-state index contributed by atoms with van der Waals surface area (Å²) in [6.07, 6.45) is 3.77. The van der Waals surface area contributed by atoms with Crippen LogP contribution in [-0.4, -0.2) is 35.6 Å². The maximum atomic E-state index is 12.6. The summed E-state index contributed by atoms with van der Waals surface area (Å²) in [5.74, 6) is 0.157. The number of nitrogens with two attached hydrogens (primary N) is 1. The minimum Gasteiger partial charge on any atom is -0.364 e. The van der Waals surface area contributed by atoms with Gasteiger partial charge in [0, 0.05) is 19.1 Å². The largest absolute Gasteiger partial charge is 0.364 e. The van der Waals surface area contributed by atoms with Gasteiger partial charge in [0.15, 0.2) is 0 Å². The molecular formula is C14H20N2O2S. The van der Waals surface area contributed by atoms with Gasteiger partial charge in [-0.1, -0.05) is 0 Å². The Labute approximate surface area is 117 Å². The summed E-state index contributed by atoms with van der Waals surface area (Å²) in [7, 11) is 0. The summed E-state index contributed by atoms with van der Waals surface area (Å²) in [5, 5.41) is 4.17. The number of rotatable bonds is 5. The number of hydrogen-bond donors (Lipinski definition) is 1. The zero-order valence-corrected chi connectivity index (χ0v) is 11.8. The topological polar surface area (TPSA) is 55.6 Å². The molecule has 2 unspecified atom stereocenters. The van der Waals surface area contributed by atoms with Gasteiger partial charge in [-0.15, -0.1) is 0 Å². The molecule has 2 aliphatic rings. The van der Waals surface area contributed by atoms with Crippen LogP contribution in [-0.2, 0) is 16.1 Å². The lowest BCUT2D eigenvalue weighted by Crippen LogP contribution is -2.40. The molecule has 19 heavy (non-hydrogen) atoms. The van der Waals surface area contributed by atoms with E-state index in [1.807, 2.05) is 4.90 Å². The van der Waals surface area contributed by atoms with Crippen LogP contribution in [0.15, 0.2) is 16.8 Å². The number of ether oxygens (including phenoxy) is 1. The standard InChI is InChI=1S/C14H20N2O2S/c15-7-12-3-4-13(18-12)14(17)16(11-1-2-11)8-10-5-6-19-9-10/h5-6,9,11-13H,1-4,7-8,15H2. The van der Waals surface area contributed by atoms with Crippen molar-refractivity contribution in [2.75, 3.05) is 6.54 Å². The van der Waals surface area contributed by atoms with E-state index in [0.717, 1.165) is 32.2 Å². The Bertz CT molecular complexity index is 431. The van der Waals surface area contributed by atoms with Gasteiger partial charge >= 0.3 is 0 Å². The van der Waals surface area contributed by atoms with Gasteiger partial charge in [0.05, 0.1) is 6.10 Å². The number of hydrogen-bond acceptors (Lipinski definition) is 4. The molecule has 2 heterocycles. The lowest BCUT2D eigenvalue weighted by molar-refractivity contribution is -0.144. The van der Waals surface area contributed by atoms with Crippen molar-refractivity contribution in [3.05, 3.63) is 22.4 Å². The second kappa shape index (κ2) is 5.61. The number of amides is 1. The van der Waals surface area contributed by atoms with Gasteiger partial charge in [-0.3, -0.25) is 4.79 Å². The fourth-order valence-electron chi connectivity index (χ4n) is 2.60. The van der Waals surface area contributed by atoms with Crippen LogP contribution in [0.5, 0.6) is 0 Å². The molecule has 4 nitrogen and oxygen atoms in total. The van der Waals surface area contributed by atoms with Gasteiger partial charge in [-0.25, -0.2) is 0 Å². The van der Waals surface area contributed by atoms with E-state index in [2.05, 4.69) is 16.8 Å². The Hall–Kier alpha value is -0.910. The van der Waals surface area contributed by atoms with Crippen LogP contribution < -0.4 is 5.73 Å². The third kappa shape index (κ3) is 2.99. The van der Waals surface area contributed by atoms with Crippen LogP contribution in [0.3, 0.4) is 0 Å². The zero-order chi connectivity index (χ0) is 13.2. The summed E-state index contributed by atoms with van der Waals surface area (Å²) in [4.78, 5) is 14.6. The van der Waals surface area contributed by atoms with Gasteiger partial charge in [0.25, 0.3) is 5.91 Å². The molecule has 0 bridgehead atoms. The van der Waals surface area contributed by atoms with Crippen LogP contribution in [0.25, 0.3) is 0 Å². The number of carbonyl (C=O) groups excluding carboxylic acids is 1. The molecular weight excluding hydrogens is 260 g/mol. The van der Waals surface area contributed by atoms with E-state index in [9.17, 15) is 4.79 Å². The van der Waals surface area contributed by atoms with Crippen LogP contribution in [0.4, 0.5) is 0 Å². The molecule has 3 rings (SSSR count). The Morgan fingerprint density at radius 2 is 2.26 bits per heavy atom. The van der Waals surface area contributed by atoms with E-state index in [4.69, 9.17) is 10.5 Å². The van der Waals surface area contributed by atoms with Crippen LogP contribution >= 0.6 is 11.3 Å². The minimum atomic E-state index is -0.271. The average Bonchev–Trinajstić information content (AvgIpc) is 2.95. The highest BCUT2D eigenvalue weighted by molar-refractivity contribution is 7.07. The van der Waals surface area contributed by atoms with Crippen molar-refractivity contribution >= 4 is 17.2 Å². The molecule has 0 spiro atoms. The molecule has 1 aliphatic carbocycles. The fourth-order valence-corrected chi connectivity index (χ4v) is 3.26. The van der Waals surface area contributed by atoms with E-state index in [1.54, 1.807) is 11.3 Å². The Kier molecular flexibility index (Phi) is 3.86. The molecule has 1 aliphatic heterocycles. The lowest BCUT2D eigenvalue weighted by atomic mass is 10.1. The van der Waals surface area contributed by atoms with Crippen molar-refractivity contribution in [2.45, 2.75) is 50.5 Å². The van der Waals surface area contributed by atoms with Crippen LogP contribution in [0.1, 0.15) is 31.2 Å². The van der Waals surface area contributed by atoms with Crippen molar-refractivity contribution in [3.8, 4) is 0 Å². The van der Waals surface area contributed by atoms with Gasteiger partial charge in [0.2, 0.25) is 0 Å². The highest BCUT2D eigenvalue weighted by atomic mass is 32.1. The molecule has 1 aromatic heterocycles. The molecule has 1 amide bonds. The quantitative estimate of drug-likeness (QED) is 0.894. The van der Waals surface area contributed by atoms with Crippen molar-refractivity contribution in [1.82, 2.24) is 4.90 Å². The highest BCUT2D eigenvalue weighted by Gasteiger charge is 2.39. The Balaban J connectivity index is 1.65. The van der Waals surface area contributed by atoms with Gasteiger partial charge < -0.3 is 15.4 Å². The van der Waals surface area contributed by atoms with E-state index < -0.39 is 0 Å². The first-order valence-electron chi connectivity index (χ1n) is 6.95. The summed E-state index contributed by atoms with van der Waals surface area (Å²) >= 11 is 1.68.